The van der Waals surface area contributed by atoms with Crippen molar-refractivity contribution >= 4 is 21.6 Å². The number of aryl methyl sites for hydroxylation is 2. The number of nitrogens with zero attached hydrogens (tertiary/aromatic N) is 1. The van der Waals surface area contributed by atoms with Crippen molar-refractivity contribution in [2.24, 2.45) is 0 Å². The van der Waals surface area contributed by atoms with Gasteiger partial charge in [0.1, 0.15) is 6.04 Å². The first kappa shape index (κ1) is 18.8. The minimum Gasteiger partial charge on any atom is -0.352 e. The Morgan fingerprint density at radius 3 is 2.33 bits per heavy atom. The van der Waals surface area contributed by atoms with E-state index in [1.165, 1.54) is 10.7 Å². The first-order chi connectivity index (χ1) is 11.2. The van der Waals surface area contributed by atoms with Crippen LogP contribution in [-0.4, -0.2) is 32.7 Å². The van der Waals surface area contributed by atoms with E-state index in [1.807, 2.05) is 26.0 Å². The van der Waals surface area contributed by atoms with E-state index < -0.39 is 16.1 Å². The summed E-state index contributed by atoms with van der Waals surface area (Å²) in [5, 5.41) is 3.02. The van der Waals surface area contributed by atoms with Gasteiger partial charge in [0, 0.05) is 6.04 Å². The smallest absolute Gasteiger partial charge is 0.243 e. The van der Waals surface area contributed by atoms with Gasteiger partial charge in [0.15, 0.2) is 0 Å². The van der Waals surface area contributed by atoms with Crippen LogP contribution in [0.5, 0.6) is 0 Å². The van der Waals surface area contributed by atoms with Crippen LogP contribution in [0.2, 0.25) is 0 Å². The molecule has 134 valence electrons. The van der Waals surface area contributed by atoms with Gasteiger partial charge >= 0.3 is 0 Å². The molecule has 0 aliphatic heterocycles. The van der Waals surface area contributed by atoms with Gasteiger partial charge in [-0.05, 0) is 56.9 Å². The molecule has 24 heavy (non-hydrogen) atoms. The Hall–Kier alpha value is -1.56. The molecular weight excluding hydrogens is 324 g/mol. The predicted molar refractivity (Wildman–Crippen MR) is 97.7 cm³/mol. The summed E-state index contributed by atoms with van der Waals surface area (Å²) >= 11 is 0. The van der Waals surface area contributed by atoms with E-state index in [1.54, 1.807) is 13.0 Å². The molecule has 0 unspecified atom stereocenters. The average Bonchev–Trinajstić information content (AvgIpc) is 2.50. The SMILES string of the molecule is Cc1ccc(N([C@H](C)C(=O)NC2CCCCC2)S(C)(=O)=O)cc1C. The minimum absolute atomic E-state index is 0.162. The van der Waals surface area contributed by atoms with Crippen LogP contribution in [0.15, 0.2) is 18.2 Å². The molecule has 1 aliphatic rings. The molecule has 2 rings (SSSR count). The second-order valence-electron chi connectivity index (χ2n) is 6.85. The highest BCUT2D eigenvalue weighted by molar-refractivity contribution is 7.92. The first-order valence-corrected chi connectivity index (χ1v) is 10.4. The number of nitrogens with one attached hydrogen (secondary N) is 1. The zero-order valence-corrected chi connectivity index (χ0v) is 15.8. The van der Waals surface area contributed by atoms with Gasteiger partial charge in [0.2, 0.25) is 15.9 Å². The summed E-state index contributed by atoms with van der Waals surface area (Å²) in [6.45, 7) is 5.56. The van der Waals surface area contributed by atoms with Crippen LogP contribution in [0.4, 0.5) is 5.69 Å². The van der Waals surface area contributed by atoms with Crippen LogP contribution in [0.1, 0.15) is 50.2 Å². The molecule has 1 fully saturated rings. The number of rotatable bonds is 5. The lowest BCUT2D eigenvalue weighted by molar-refractivity contribution is -0.122. The molecule has 1 aromatic rings. The molecule has 0 radical (unpaired) electrons. The first-order valence-electron chi connectivity index (χ1n) is 8.57. The lowest BCUT2D eigenvalue weighted by Crippen LogP contribution is -2.50. The molecule has 1 amide bonds. The molecule has 1 aliphatic carbocycles. The third-order valence-electron chi connectivity index (χ3n) is 4.79. The van der Waals surface area contributed by atoms with E-state index in [0.29, 0.717) is 5.69 Å². The number of benzene rings is 1. The molecule has 0 aromatic heterocycles. The molecule has 1 aromatic carbocycles. The van der Waals surface area contributed by atoms with Crippen LogP contribution in [-0.2, 0) is 14.8 Å². The summed E-state index contributed by atoms with van der Waals surface area (Å²) in [5.41, 5.74) is 2.62. The van der Waals surface area contributed by atoms with Crippen molar-refractivity contribution in [1.82, 2.24) is 5.32 Å². The zero-order chi connectivity index (χ0) is 17.9. The Morgan fingerprint density at radius 2 is 1.79 bits per heavy atom. The number of carbonyl (C=O) groups excluding carboxylic acids is 1. The third-order valence-corrected chi connectivity index (χ3v) is 6.03. The molecule has 0 bridgehead atoms. The van der Waals surface area contributed by atoms with Crippen molar-refractivity contribution < 1.29 is 13.2 Å². The fourth-order valence-electron chi connectivity index (χ4n) is 3.24. The standard InChI is InChI=1S/C18H28N2O3S/c1-13-10-11-17(12-14(13)2)20(24(4,22)23)15(3)18(21)19-16-8-6-5-7-9-16/h10-12,15-16H,5-9H2,1-4H3,(H,19,21)/t15-/m1/s1. The summed E-state index contributed by atoms with van der Waals surface area (Å²) in [6.07, 6.45) is 6.53. The number of hydrogen-bond acceptors (Lipinski definition) is 3. The minimum atomic E-state index is -3.56. The molecule has 6 heteroatoms. The van der Waals surface area contributed by atoms with Gasteiger partial charge < -0.3 is 5.32 Å². The van der Waals surface area contributed by atoms with Crippen LogP contribution < -0.4 is 9.62 Å². The van der Waals surface area contributed by atoms with Crippen LogP contribution >= 0.6 is 0 Å². The lowest BCUT2D eigenvalue weighted by atomic mass is 9.95. The van der Waals surface area contributed by atoms with Crippen molar-refractivity contribution in [3.8, 4) is 0 Å². The second-order valence-corrected chi connectivity index (χ2v) is 8.71. The van der Waals surface area contributed by atoms with Crippen molar-refractivity contribution in [3.05, 3.63) is 29.3 Å². The molecule has 1 N–H and O–H groups in total. The molecule has 1 saturated carbocycles. The predicted octanol–water partition coefficient (Wildman–Crippen LogP) is 2.91. The maximum atomic E-state index is 12.6. The zero-order valence-electron chi connectivity index (χ0n) is 15.0. The highest BCUT2D eigenvalue weighted by atomic mass is 32.2. The van der Waals surface area contributed by atoms with Gasteiger partial charge in [0.05, 0.1) is 11.9 Å². The Labute approximate surface area is 145 Å². The number of anilines is 1. The monoisotopic (exact) mass is 352 g/mol. The van der Waals surface area contributed by atoms with Gasteiger partial charge in [-0.25, -0.2) is 8.42 Å². The van der Waals surface area contributed by atoms with Crippen LogP contribution in [0.25, 0.3) is 0 Å². The van der Waals surface area contributed by atoms with E-state index in [4.69, 9.17) is 0 Å². The fourth-order valence-corrected chi connectivity index (χ4v) is 4.41. The third kappa shape index (κ3) is 4.50. The van der Waals surface area contributed by atoms with Gasteiger partial charge in [-0.2, -0.15) is 0 Å². The Morgan fingerprint density at radius 1 is 1.17 bits per heavy atom. The topological polar surface area (TPSA) is 66.5 Å². The second kappa shape index (κ2) is 7.55. The Bertz CT molecular complexity index is 694. The van der Waals surface area contributed by atoms with Gasteiger partial charge in [-0.1, -0.05) is 25.3 Å². The highest BCUT2D eigenvalue weighted by Crippen LogP contribution is 2.24. The Kier molecular flexibility index (Phi) is 5.91. The summed E-state index contributed by atoms with van der Waals surface area (Å²) in [5.74, 6) is -0.231. The van der Waals surface area contributed by atoms with E-state index in [9.17, 15) is 13.2 Å². The van der Waals surface area contributed by atoms with E-state index >= 15 is 0 Å². The van der Waals surface area contributed by atoms with E-state index in [-0.39, 0.29) is 11.9 Å². The summed E-state index contributed by atoms with van der Waals surface area (Å²) in [6, 6.07) is 4.85. The van der Waals surface area contributed by atoms with Gasteiger partial charge in [0.25, 0.3) is 0 Å². The van der Waals surface area contributed by atoms with Crippen LogP contribution in [0.3, 0.4) is 0 Å². The van der Waals surface area contributed by atoms with E-state index in [2.05, 4.69) is 5.32 Å². The molecule has 0 saturated heterocycles. The number of carbonyl (C=O) groups is 1. The molecule has 1 atom stereocenters. The van der Waals surface area contributed by atoms with Crippen molar-refractivity contribution in [1.29, 1.82) is 0 Å². The largest absolute Gasteiger partial charge is 0.352 e. The number of amides is 1. The summed E-state index contributed by atoms with van der Waals surface area (Å²) in [4.78, 5) is 12.6. The quantitative estimate of drug-likeness (QED) is 0.886. The fraction of sp³-hybridized carbons (Fsp3) is 0.611. The lowest BCUT2D eigenvalue weighted by Gasteiger charge is -2.31. The summed E-state index contributed by atoms with van der Waals surface area (Å²) < 4.78 is 25.8. The maximum absolute atomic E-state index is 12.6. The maximum Gasteiger partial charge on any atom is 0.243 e. The average molecular weight is 353 g/mol. The normalized spacial score (nSPS) is 17.3. The van der Waals surface area contributed by atoms with Crippen molar-refractivity contribution in [2.45, 2.75) is 65.0 Å². The molecular formula is C18H28N2O3S. The van der Waals surface area contributed by atoms with Gasteiger partial charge in [-0.3, -0.25) is 9.10 Å². The number of sulfonamides is 1. The van der Waals surface area contributed by atoms with Crippen molar-refractivity contribution in [2.75, 3.05) is 10.6 Å². The molecule has 0 spiro atoms. The number of hydrogen-bond donors (Lipinski definition) is 1. The summed E-state index contributed by atoms with van der Waals surface area (Å²) in [7, 11) is -3.56. The Balaban J connectivity index is 2.23. The van der Waals surface area contributed by atoms with E-state index in [0.717, 1.165) is 43.1 Å². The van der Waals surface area contributed by atoms with Crippen molar-refractivity contribution in [3.63, 3.8) is 0 Å². The highest BCUT2D eigenvalue weighted by Gasteiger charge is 2.30. The molecule has 0 heterocycles. The van der Waals surface area contributed by atoms with Gasteiger partial charge in [-0.15, -0.1) is 0 Å². The van der Waals surface area contributed by atoms with Crippen LogP contribution in [0, 0.1) is 13.8 Å². The molecule has 5 nitrogen and oxygen atoms in total.